The average Bonchev–Trinajstić information content (AvgIpc) is 2.51. The van der Waals surface area contributed by atoms with Gasteiger partial charge in [0.2, 0.25) is 6.79 Å². The van der Waals surface area contributed by atoms with Crippen molar-refractivity contribution in [2.24, 2.45) is 0 Å². The molecule has 0 amide bonds. The fourth-order valence-corrected chi connectivity index (χ4v) is 1.22. The normalized spacial score (nSPS) is 13.4. The van der Waals surface area contributed by atoms with Crippen LogP contribution in [0.25, 0.3) is 0 Å². The summed E-state index contributed by atoms with van der Waals surface area (Å²) < 4.78 is 14.8. The van der Waals surface area contributed by atoms with E-state index < -0.39 is 0 Å². The first-order chi connectivity index (χ1) is 5.90. The van der Waals surface area contributed by atoms with Crippen LogP contribution in [0.4, 0.5) is 0 Å². The average molecular weight is 187 g/mol. The van der Waals surface area contributed by atoms with Crippen LogP contribution in [0.15, 0.2) is 18.2 Å². The Morgan fingerprint density at radius 2 is 2.17 bits per heavy atom. The van der Waals surface area contributed by atoms with Crippen molar-refractivity contribution in [1.82, 2.24) is 0 Å². The predicted octanol–water partition coefficient (Wildman–Crippen LogP) is 2.09. The predicted molar refractivity (Wildman–Crippen MR) is 43.2 cm³/mol. The highest BCUT2D eigenvalue weighted by Gasteiger charge is 2.12. The third kappa shape index (κ3) is 1.33. The van der Waals surface area contributed by atoms with E-state index >= 15 is 0 Å². The maximum atomic E-state index is 5.16. The number of ether oxygens (including phenoxy) is 2. The molecule has 0 fully saturated rings. The van der Waals surface area contributed by atoms with Crippen LogP contribution in [0.2, 0.25) is 0 Å². The van der Waals surface area contributed by atoms with Crippen LogP contribution < -0.4 is 9.47 Å². The zero-order valence-corrected chi connectivity index (χ0v) is 7.00. The van der Waals surface area contributed by atoms with Gasteiger partial charge in [0.05, 0.1) is 18.5 Å². The minimum Gasteiger partial charge on any atom is -0.454 e. The molecule has 12 heavy (non-hydrogen) atoms. The molecule has 0 N–H and O–H groups in total. The van der Waals surface area contributed by atoms with Crippen molar-refractivity contribution in [3.8, 4) is 11.5 Å². The van der Waals surface area contributed by atoms with E-state index in [1.165, 1.54) is 0 Å². The van der Waals surface area contributed by atoms with Crippen molar-refractivity contribution in [2.45, 2.75) is 6.61 Å². The van der Waals surface area contributed by atoms with Gasteiger partial charge >= 0.3 is 0 Å². The molecule has 1 aliphatic heterocycles. The number of halogens is 1. The molecule has 64 valence electrons. The fraction of sp³-hybridized carbons (Fsp3) is 0.250. The summed E-state index contributed by atoms with van der Waals surface area (Å²) in [5.41, 5.74) is 0.967. The van der Waals surface area contributed by atoms with Gasteiger partial charge in [0, 0.05) is 0 Å². The SMILES string of the molecule is ClOCc1ccc2c(c1)OCO2. The molecular weight excluding hydrogens is 180 g/mol. The van der Waals surface area contributed by atoms with Crippen molar-refractivity contribution < 1.29 is 13.8 Å². The van der Waals surface area contributed by atoms with Gasteiger partial charge in [0.15, 0.2) is 11.5 Å². The lowest BCUT2D eigenvalue weighted by Crippen LogP contribution is -1.92. The molecule has 0 saturated heterocycles. The van der Waals surface area contributed by atoms with Crippen LogP contribution in [0, 0.1) is 0 Å². The van der Waals surface area contributed by atoms with Gasteiger partial charge in [-0.3, -0.25) is 4.29 Å². The summed E-state index contributed by atoms with van der Waals surface area (Å²) in [5, 5.41) is 0. The van der Waals surface area contributed by atoms with E-state index in [4.69, 9.17) is 21.3 Å². The van der Waals surface area contributed by atoms with Crippen LogP contribution in [0.5, 0.6) is 11.5 Å². The monoisotopic (exact) mass is 186 g/mol. The van der Waals surface area contributed by atoms with E-state index in [2.05, 4.69) is 4.29 Å². The van der Waals surface area contributed by atoms with E-state index in [0.717, 1.165) is 17.1 Å². The number of hydrogen-bond acceptors (Lipinski definition) is 3. The lowest BCUT2D eigenvalue weighted by atomic mass is 10.2. The van der Waals surface area contributed by atoms with E-state index in [0.29, 0.717) is 13.4 Å². The second-order valence-electron chi connectivity index (χ2n) is 2.44. The Kier molecular flexibility index (Phi) is 2.06. The summed E-state index contributed by atoms with van der Waals surface area (Å²) in [5.74, 6) is 1.52. The second kappa shape index (κ2) is 3.21. The third-order valence-electron chi connectivity index (χ3n) is 1.66. The molecular formula is C8H7ClO3. The molecule has 1 aliphatic rings. The smallest absolute Gasteiger partial charge is 0.231 e. The van der Waals surface area contributed by atoms with Crippen molar-refractivity contribution in [2.75, 3.05) is 6.79 Å². The lowest BCUT2D eigenvalue weighted by Gasteiger charge is -1.99. The first-order valence-corrected chi connectivity index (χ1v) is 3.83. The Morgan fingerprint density at radius 1 is 1.33 bits per heavy atom. The molecule has 1 heterocycles. The van der Waals surface area contributed by atoms with Crippen LogP contribution in [-0.4, -0.2) is 6.79 Å². The lowest BCUT2D eigenvalue weighted by molar-refractivity contribution is 0.174. The summed E-state index contributed by atoms with van der Waals surface area (Å²) in [7, 11) is 0. The molecule has 0 atom stereocenters. The quantitative estimate of drug-likeness (QED) is 0.708. The zero-order chi connectivity index (χ0) is 8.39. The molecule has 2 rings (SSSR count). The van der Waals surface area contributed by atoms with Crippen molar-refractivity contribution >= 4 is 11.9 Å². The van der Waals surface area contributed by atoms with Crippen LogP contribution in [-0.2, 0) is 10.9 Å². The standard InChI is InChI=1S/C8H7ClO3/c9-12-4-6-1-2-7-8(3-6)11-5-10-7/h1-3H,4-5H2. The molecule has 0 saturated carbocycles. The summed E-state index contributed by atoms with van der Waals surface area (Å²) in [6, 6.07) is 5.58. The van der Waals surface area contributed by atoms with Gasteiger partial charge in [-0.2, -0.15) is 0 Å². The largest absolute Gasteiger partial charge is 0.454 e. The minimum atomic E-state index is 0.292. The summed E-state index contributed by atoms with van der Waals surface area (Å²) in [4.78, 5) is 0. The van der Waals surface area contributed by atoms with Crippen molar-refractivity contribution in [3.63, 3.8) is 0 Å². The van der Waals surface area contributed by atoms with Gasteiger partial charge in [0.1, 0.15) is 0 Å². The van der Waals surface area contributed by atoms with Gasteiger partial charge in [-0.1, -0.05) is 6.07 Å². The molecule has 0 bridgehead atoms. The van der Waals surface area contributed by atoms with E-state index in [1.54, 1.807) is 0 Å². The van der Waals surface area contributed by atoms with Crippen LogP contribution in [0.3, 0.4) is 0 Å². The highest BCUT2D eigenvalue weighted by molar-refractivity contribution is 6.07. The number of rotatable bonds is 2. The summed E-state index contributed by atoms with van der Waals surface area (Å²) >= 11 is 5.11. The Hall–Kier alpha value is -0.930. The fourth-order valence-electron chi connectivity index (χ4n) is 1.09. The third-order valence-corrected chi connectivity index (χ3v) is 1.77. The number of fused-ring (bicyclic) bond motifs is 1. The molecule has 1 aromatic rings. The summed E-state index contributed by atoms with van der Waals surface area (Å²) in [6.07, 6.45) is 0. The van der Waals surface area contributed by atoms with Crippen LogP contribution in [0.1, 0.15) is 5.56 Å². The highest BCUT2D eigenvalue weighted by Crippen LogP contribution is 2.32. The summed E-state index contributed by atoms with van der Waals surface area (Å²) in [6.45, 7) is 0.665. The molecule has 4 heteroatoms. The van der Waals surface area contributed by atoms with Gasteiger partial charge in [-0.05, 0) is 17.7 Å². The van der Waals surface area contributed by atoms with Gasteiger partial charge < -0.3 is 9.47 Å². The molecule has 0 unspecified atom stereocenters. The van der Waals surface area contributed by atoms with Crippen LogP contribution >= 0.6 is 11.9 Å². The Balaban J connectivity index is 2.26. The molecule has 1 aromatic carbocycles. The number of hydrogen-bond donors (Lipinski definition) is 0. The van der Waals surface area contributed by atoms with Crippen molar-refractivity contribution in [1.29, 1.82) is 0 Å². The molecule has 0 radical (unpaired) electrons. The van der Waals surface area contributed by atoms with Gasteiger partial charge in [-0.15, -0.1) is 0 Å². The first-order valence-electron chi connectivity index (χ1n) is 3.52. The second-order valence-corrected chi connectivity index (χ2v) is 2.66. The molecule has 0 spiro atoms. The molecule has 0 aromatic heterocycles. The Bertz CT molecular complexity index is 288. The van der Waals surface area contributed by atoms with E-state index in [9.17, 15) is 0 Å². The maximum Gasteiger partial charge on any atom is 0.231 e. The van der Waals surface area contributed by atoms with Gasteiger partial charge in [0.25, 0.3) is 0 Å². The highest BCUT2D eigenvalue weighted by atomic mass is 35.5. The minimum absolute atomic E-state index is 0.292. The zero-order valence-electron chi connectivity index (χ0n) is 6.25. The Morgan fingerprint density at radius 3 is 3.00 bits per heavy atom. The van der Waals surface area contributed by atoms with Gasteiger partial charge in [-0.25, -0.2) is 0 Å². The molecule has 0 aliphatic carbocycles. The Labute approximate surface area is 75.0 Å². The molecule has 3 nitrogen and oxygen atoms in total. The van der Waals surface area contributed by atoms with Crippen molar-refractivity contribution in [3.05, 3.63) is 23.8 Å². The topological polar surface area (TPSA) is 27.7 Å². The van der Waals surface area contributed by atoms with E-state index in [-0.39, 0.29) is 0 Å². The maximum absolute atomic E-state index is 5.16. The first kappa shape index (κ1) is 7.71. The number of benzene rings is 1. The van der Waals surface area contributed by atoms with E-state index in [1.807, 2.05) is 18.2 Å².